The van der Waals surface area contributed by atoms with Crippen LogP contribution in [-0.2, 0) is 0 Å². The maximum atomic E-state index is 5.34. The lowest BCUT2D eigenvalue weighted by molar-refractivity contribution is 1.16. The fourth-order valence-corrected chi connectivity index (χ4v) is 10.1. The van der Waals surface area contributed by atoms with Crippen molar-refractivity contribution in [2.45, 2.75) is 0 Å². The minimum Gasteiger partial charge on any atom is -0.309 e. The molecule has 4 aromatic heterocycles. The standard InChI is InChI=1S/C55H34N4S/c1-3-15-37(16-4-1)53-54-52(44-23-9-12-28-50(44)60-54)51-41(24-14-25-45(51)56-53)35-29-31-36(32-30-35)46-34-47(58-55(57-46)38-17-5-2-6-18-38)39-19-13-20-40(33-39)59-48-26-10-7-21-42(48)43-22-8-11-27-49(43)59/h1-34H. The Balaban J connectivity index is 0.995. The molecule has 4 heterocycles. The van der Waals surface area contributed by atoms with Gasteiger partial charge in [0.05, 0.1) is 38.3 Å². The number of rotatable bonds is 6. The van der Waals surface area contributed by atoms with Crippen molar-refractivity contribution >= 4 is 64.2 Å². The van der Waals surface area contributed by atoms with Crippen LogP contribution in [0.25, 0.3) is 115 Å². The fourth-order valence-electron chi connectivity index (χ4n) is 8.84. The van der Waals surface area contributed by atoms with E-state index in [1.165, 1.54) is 47.4 Å². The molecule has 0 radical (unpaired) electrons. The van der Waals surface area contributed by atoms with E-state index in [9.17, 15) is 0 Å². The second kappa shape index (κ2) is 14.0. The van der Waals surface area contributed by atoms with E-state index in [2.05, 4.69) is 193 Å². The van der Waals surface area contributed by atoms with Crippen LogP contribution in [0.1, 0.15) is 0 Å². The number of fused-ring (bicyclic) bond motifs is 8. The highest BCUT2D eigenvalue weighted by Crippen LogP contribution is 2.45. The van der Waals surface area contributed by atoms with Gasteiger partial charge in [0.1, 0.15) is 0 Å². The number of pyridine rings is 1. The number of benzene rings is 8. The largest absolute Gasteiger partial charge is 0.309 e. The van der Waals surface area contributed by atoms with Crippen molar-refractivity contribution in [3.05, 3.63) is 206 Å². The van der Waals surface area contributed by atoms with E-state index in [4.69, 9.17) is 15.0 Å². The summed E-state index contributed by atoms with van der Waals surface area (Å²) in [5.74, 6) is 0.690. The van der Waals surface area contributed by atoms with Crippen LogP contribution >= 0.6 is 11.3 Å². The third-order valence-corrected chi connectivity index (χ3v) is 12.8. The first-order valence-corrected chi connectivity index (χ1v) is 21.0. The topological polar surface area (TPSA) is 43.6 Å². The molecule has 280 valence electrons. The van der Waals surface area contributed by atoms with Gasteiger partial charge in [-0.2, -0.15) is 0 Å². The SMILES string of the molecule is c1ccc(-c2nc(-c3ccc(-c4cccc5nc(-c6ccccc6)c6sc7ccccc7c6c45)cc3)cc(-c3cccc(-n4c5ccccc5c5ccccc54)c3)n2)cc1. The molecule has 0 atom stereocenters. The summed E-state index contributed by atoms with van der Waals surface area (Å²) in [5.41, 5.74) is 13.6. The Morgan fingerprint density at radius 2 is 0.967 bits per heavy atom. The average molecular weight is 783 g/mol. The van der Waals surface area contributed by atoms with Gasteiger partial charge in [-0.3, -0.25) is 0 Å². The molecule has 12 aromatic rings. The molecule has 0 unspecified atom stereocenters. The van der Waals surface area contributed by atoms with Crippen LogP contribution in [-0.4, -0.2) is 19.5 Å². The van der Waals surface area contributed by atoms with Gasteiger partial charge in [0, 0.05) is 59.6 Å². The number of thiophene rings is 1. The molecule has 0 aliphatic heterocycles. The molecule has 0 saturated carbocycles. The van der Waals surface area contributed by atoms with E-state index in [1.807, 2.05) is 29.5 Å². The van der Waals surface area contributed by atoms with Crippen LogP contribution in [0.5, 0.6) is 0 Å². The molecule has 0 fully saturated rings. The summed E-state index contributed by atoms with van der Waals surface area (Å²) in [6.45, 7) is 0. The predicted octanol–water partition coefficient (Wildman–Crippen LogP) is 14.8. The molecule has 0 bridgehead atoms. The quantitative estimate of drug-likeness (QED) is 0.169. The van der Waals surface area contributed by atoms with Gasteiger partial charge in [-0.05, 0) is 53.6 Å². The lowest BCUT2D eigenvalue weighted by atomic mass is 9.94. The molecule has 0 amide bonds. The molecule has 60 heavy (non-hydrogen) atoms. The first-order chi connectivity index (χ1) is 29.7. The number of hydrogen-bond donors (Lipinski definition) is 0. The van der Waals surface area contributed by atoms with Crippen molar-refractivity contribution in [1.29, 1.82) is 0 Å². The Kier molecular flexibility index (Phi) is 8.00. The van der Waals surface area contributed by atoms with Crippen molar-refractivity contribution in [2.24, 2.45) is 0 Å². The highest BCUT2D eigenvalue weighted by Gasteiger charge is 2.20. The third kappa shape index (κ3) is 5.63. The van der Waals surface area contributed by atoms with Gasteiger partial charge < -0.3 is 4.57 Å². The van der Waals surface area contributed by atoms with E-state index in [-0.39, 0.29) is 0 Å². The summed E-state index contributed by atoms with van der Waals surface area (Å²) in [7, 11) is 0. The van der Waals surface area contributed by atoms with Gasteiger partial charge in [0.25, 0.3) is 0 Å². The van der Waals surface area contributed by atoms with Gasteiger partial charge in [0.15, 0.2) is 5.82 Å². The maximum Gasteiger partial charge on any atom is 0.160 e. The summed E-state index contributed by atoms with van der Waals surface area (Å²) in [6.07, 6.45) is 0. The van der Waals surface area contributed by atoms with Crippen molar-refractivity contribution in [3.63, 3.8) is 0 Å². The van der Waals surface area contributed by atoms with E-state index < -0.39 is 0 Å². The highest BCUT2D eigenvalue weighted by molar-refractivity contribution is 7.26. The van der Waals surface area contributed by atoms with Crippen molar-refractivity contribution < 1.29 is 0 Å². The van der Waals surface area contributed by atoms with Crippen LogP contribution in [0.4, 0.5) is 0 Å². The molecular formula is C55H34N4S. The molecule has 0 aliphatic rings. The number of para-hydroxylation sites is 2. The maximum absolute atomic E-state index is 5.34. The van der Waals surface area contributed by atoms with Gasteiger partial charge in [-0.15, -0.1) is 11.3 Å². The van der Waals surface area contributed by atoms with Crippen LogP contribution in [0, 0.1) is 0 Å². The molecule has 8 aromatic carbocycles. The van der Waals surface area contributed by atoms with Crippen LogP contribution < -0.4 is 0 Å². The molecule has 0 N–H and O–H groups in total. The van der Waals surface area contributed by atoms with Gasteiger partial charge in [0.2, 0.25) is 0 Å². The smallest absolute Gasteiger partial charge is 0.160 e. The Hall–Kier alpha value is -7.73. The van der Waals surface area contributed by atoms with Gasteiger partial charge in [-0.1, -0.05) is 164 Å². The fraction of sp³-hybridized carbons (Fsp3) is 0. The number of aromatic nitrogens is 4. The lowest BCUT2D eigenvalue weighted by Gasteiger charge is -2.13. The first-order valence-electron chi connectivity index (χ1n) is 20.2. The molecular weight excluding hydrogens is 749 g/mol. The van der Waals surface area contributed by atoms with E-state index >= 15 is 0 Å². The Bertz CT molecular complexity index is 3530. The minimum absolute atomic E-state index is 0.690. The van der Waals surface area contributed by atoms with Gasteiger partial charge in [-0.25, -0.2) is 15.0 Å². The second-order valence-corrected chi connectivity index (χ2v) is 16.2. The summed E-state index contributed by atoms with van der Waals surface area (Å²) in [6, 6.07) is 73.0. The van der Waals surface area contributed by atoms with Crippen molar-refractivity contribution in [2.75, 3.05) is 0 Å². The summed E-state index contributed by atoms with van der Waals surface area (Å²) in [5, 5.41) is 6.17. The number of nitrogens with zero attached hydrogens (tertiary/aromatic N) is 4. The second-order valence-electron chi connectivity index (χ2n) is 15.2. The summed E-state index contributed by atoms with van der Waals surface area (Å²) >= 11 is 1.82. The Morgan fingerprint density at radius 3 is 1.70 bits per heavy atom. The minimum atomic E-state index is 0.690. The van der Waals surface area contributed by atoms with E-state index in [1.54, 1.807) is 0 Å². The molecule has 0 spiro atoms. The molecule has 12 rings (SSSR count). The third-order valence-electron chi connectivity index (χ3n) is 11.6. The summed E-state index contributed by atoms with van der Waals surface area (Å²) in [4.78, 5) is 15.7. The molecule has 5 heteroatoms. The van der Waals surface area contributed by atoms with Crippen molar-refractivity contribution in [3.8, 4) is 62.0 Å². The van der Waals surface area contributed by atoms with Gasteiger partial charge >= 0.3 is 0 Å². The zero-order valence-electron chi connectivity index (χ0n) is 32.3. The monoisotopic (exact) mass is 782 g/mol. The Morgan fingerprint density at radius 1 is 0.383 bits per heavy atom. The molecule has 4 nitrogen and oxygen atoms in total. The zero-order valence-corrected chi connectivity index (χ0v) is 33.1. The molecule has 0 aliphatic carbocycles. The lowest BCUT2D eigenvalue weighted by Crippen LogP contribution is -1.98. The zero-order chi connectivity index (χ0) is 39.6. The van der Waals surface area contributed by atoms with Crippen LogP contribution in [0.3, 0.4) is 0 Å². The van der Waals surface area contributed by atoms with E-state index in [0.29, 0.717) is 5.82 Å². The van der Waals surface area contributed by atoms with Crippen LogP contribution in [0.15, 0.2) is 206 Å². The predicted molar refractivity (Wildman–Crippen MR) is 252 cm³/mol. The number of hydrogen-bond acceptors (Lipinski definition) is 4. The molecule has 0 saturated heterocycles. The average Bonchev–Trinajstić information content (AvgIpc) is 3.88. The van der Waals surface area contributed by atoms with E-state index in [0.717, 1.165) is 61.7 Å². The van der Waals surface area contributed by atoms with Crippen molar-refractivity contribution in [1.82, 2.24) is 19.5 Å². The highest BCUT2D eigenvalue weighted by atomic mass is 32.1. The summed E-state index contributed by atoms with van der Waals surface area (Å²) < 4.78 is 4.83. The normalized spacial score (nSPS) is 11.7. The first kappa shape index (κ1) is 34.3. The Labute approximate surface area is 350 Å². The van der Waals surface area contributed by atoms with Crippen LogP contribution in [0.2, 0.25) is 0 Å².